The normalized spacial score (nSPS) is 20.5. The molecule has 2 aromatic heterocycles. The fraction of sp³-hybridized carbons (Fsp3) is 0.609. The summed E-state index contributed by atoms with van der Waals surface area (Å²) < 4.78 is 74.8. The molecule has 2 aromatic rings. The third-order valence-corrected chi connectivity index (χ3v) is 6.78. The minimum Gasteiger partial charge on any atom is -0.388 e. The number of nitrogens with one attached hydrogen (secondary N) is 1. The van der Waals surface area contributed by atoms with Crippen LogP contribution in [0.2, 0.25) is 0 Å². The van der Waals surface area contributed by atoms with Crippen molar-refractivity contribution >= 4 is 11.6 Å². The number of fused-ring (bicyclic) bond motifs is 1. The van der Waals surface area contributed by atoms with E-state index in [1.807, 2.05) is 6.07 Å². The topological polar surface area (TPSA) is 99.7 Å². The van der Waals surface area contributed by atoms with Gasteiger partial charge in [-0.25, -0.2) is 13.8 Å². The first kappa shape index (κ1) is 25.3. The number of hydrogen-bond acceptors (Lipinski definition) is 5. The van der Waals surface area contributed by atoms with Crippen LogP contribution in [0.5, 0.6) is 0 Å². The minimum atomic E-state index is -4.83. The number of aromatic nitrogens is 2. The molecule has 35 heavy (non-hydrogen) atoms. The standard InChI is InChI=1S/C23H25F5N4O3/c24-22(25)3-1-14(2-4-22)9-17-19(23(26,27)28)31-18-11-15(10-16(12-29)32(17)18)20(33)30-13-21(34)5-7-35-8-6-21/h10-11,14,34H,1-9,13H2,(H,30,33). The van der Waals surface area contributed by atoms with E-state index >= 15 is 0 Å². The number of hydrogen-bond donors (Lipinski definition) is 2. The van der Waals surface area contributed by atoms with Crippen LogP contribution in [0.1, 0.15) is 66.0 Å². The van der Waals surface area contributed by atoms with Gasteiger partial charge in [0.05, 0.1) is 11.3 Å². The molecule has 7 nitrogen and oxygen atoms in total. The van der Waals surface area contributed by atoms with Crippen LogP contribution in [0.25, 0.3) is 5.65 Å². The highest BCUT2D eigenvalue weighted by molar-refractivity contribution is 5.95. The number of alkyl halides is 5. The molecule has 2 N–H and O–H groups in total. The van der Waals surface area contributed by atoms with Crippen molar-refractivity contribution in [1.82, 2.24) is 14.7 Å². The molecule has 190 valence electrons. The van der Waals surface area contributed by atoms with Crippen molar-refractivity contribution in [2.75, 3.05) is 19.8 Å². The van der Waals surface area contributed by atoms with Gasteiger partial charge in [0.25, 0.3) is 5.91 Å². The van der Waals surface area contributed by atoms with Gasteiger partial charge in [0.15, 0.2) is 5.69 Å². The lowest BCUT2D eigenvalue weighted by Gasteiger charge is -2.32. The average Bonchev–Trinajstić information content (AvgIpc) is 3.17. The van der Waals surface area contributed by atoms with E-state index in [1.54, 1.807) is 0 Å². The summed E-state index contributed by atoms with van der Waals surface area (Å²) in [6.07, 6.45) is -5.03. The molecule has 1 amide bonds. The monoisotopic (exact) mass is 500 g/mol. The Morgan fingerprint density at radius 3 is 2.49 bits per heavy atom. The van der Waals surface area contributed by atoms with Crippen LogP contribution in [-0.2, 0) is 17.3 Å². The summed E-state index contributed by atoms with van der Waals surface area (Å²) in [7, 11) is 0. The number of halogens is 5. The number of imidazole rings is 1. The van der Waals surface area contributed by atoms with Gasteiger partial charge >= 0.3 is 6.18 Å². The van der Waals surface area contributed by atoms with Crippen molar-refractivity contribution in [2.24, 2.45) is 5.92 Å². The quantitative estimate of drug-likeness (QED) is 0.608. The molecule has 0 atom stereocenters. The van der Waals surface area contributed by atoms with E-state index in [9.17, 15) is 37.1 Å². The van der Waals surface area contributed by atoms with Crippen molar-refractivity contribution in [1.29, 1.82) is 5.26 Å². The van der Waals surface area contributed by atoms with Gasteiger partial charge < -0.3 is 15.2 Å². The Balaban J connectivity index is 1.65. The molecule has 1 aliphatic carbocycles. The number of amides is 1. The molecule has 0 radical (unpaired) electrons. The maximum Gasteiger partial charge on any atom is 0.435 e. The van der Waals surface area contributed by atoms with Crippen molar-refractivity contribution in [3.63, 3.8) is 0 Å². The lowest BCUT2D eigenvalue weighted by atomic mass is 9.83. The van der Waals surface area contributed by atoms with Gasteiger partial charge in [0.2, 0.25) is 5.92 Å². The minimum absolute atomic E-state index is 0.0633. The summed E-state index contributed by atoms with van der Waals surface area (Å²) in [4.78, 5) is 16.4. The zero-order valence-electron chi connectivity index (χ0n) is 18.8. The molecule has 1 saturated carbocycles. The molecule has 0 aromatic carbocycles. The predicted molar refractivity (Wildman–Crippen MR) is 113 cm³/mol. The van der Waals surface area contributed by atoms with Crippen LogP contribution in [0, 0.1) is 17.2 Å². The van der Waals surface area contributed by atoms with E-state index in [0.29, 0.717) is 26.1 Å². The van der Waals surface area contributed by atoms with E-state index in [2.05, 4.69) is 10.3 Å². The summed E-state index contributed by atoms with van der Waals surface area (Å²) in [5.41, 5.74) is -3.16. The summed E-state index contributed by atoms with van der Waals surface area (Å²) >= 11 is 0. The first-order valence-corrected chi connectivity index (χ1v) is 11.4. The van der Waals surface area contributed by atoms with E-state index < -0.39 is 48.1 Å². The summed E-state index contributed by atoms with van der Waals surface area (Å²) in [5.74, 6) is -3.90. The highest BCUT2D eigenvalue weighted by Gasteiger charge is 2.41. The Bertz CT molecular complexity index is 1140. The Hall–Kier alpha value is -2.78. The Labute approximate surface area is 197 Å². The van der Waals surface area contributed by atoms with Gasteiger partial charge in [-0.15, -0.1) is 0 Å². The summed E-state index contributed by atoms with van der Waals surface area (Å²) in [5, 5.41) is 22.8. The molecular weight excluding hydrogens is 475 g/mol. The number of nitrogens with zero attached hydrogens (tertiary/aromatic N) is 3. The average molecular weight is 500 g/mol. The van der Waals surface area contributed by atoms with Gasteiger partial charge in [0, 0.05) is 51.0 Å². The lowest BCUT2D eigenvalue weighted by molar-refractivity contribution is -0.141. The highest BCUT2D eigenvalue weighted by atomic mass is 19.4. The highest BCUT2D eigenvalue weighted by Crippen LogP contribution is 2.40. The maximum absolute atomic E-state index is 13.8. The summed E-state index contributed by atoms with van der Waals surface area (Å²) in [6, 6.07) is 4.14. The molecule has 0 unspecified atom stereocenters. The van der Waals surface area contributed by atoms with Gasteiger partial charge in [-0.1, -0.05) is 0 Å². The van der Waals surface area contributed by atoms with E-state index in [0.717, 1.165) is 16.5 Å². The number of carbonyl (C=O) groups is 1. The first-order valence-electron chi connectivity index (χ1n) is 11.4. The second kappa shape index (κ2) is 9.35. The smallest absolute Gasteiger partial charge is 0.388 e. The number of rotatable bonds is 5. The van der Waals surface area contributed by atoms with Gasteiger partial charge in [-0.3, -0.25) is 9.20 Å². The predicted octanol–water partition coefficient (Wildman–Crippen LogP) is 3.86. The van der Waals surface area contributed by atoms with Crippen LogP contribution in [-0.4, -0.2) is 51.7 Å². The molecule has 4 rings (SSSR count). The largest absolute Gasteiger partial charge is 0.435 e. The Morgan fingerprint density at radius 2 is 1.89 bits per heavy atom. The van der Waals surface area contributed by atoms with Crippen molar-refractivity contribution in [3.8, 4) is 6.07 Å². The molecule has 1 saturated heterocycles. The number of carbonyl (C=O) groups excluding carboxylic acids is 1. The third-order valence-electron chi connectivity index (χ3n) is 6.78. The summed E-state index contributed by atoms with van der Waals surface area (Å²) in [6.45, 7) is 0.599. The van der Waals surface area contributed by atoms with Crippen LogP contribution in [0.4, 0.5) is 22.0 Å². The number of ether oxygens (including phenoxy) is 1. The van der Waals surface area contributed by atoms with Gasteiger partial charge in [0.1, 0.15) is 17.4 Å². The Kier molecular flexibility index (Phi) is 6.76. The van der Waals surface area contributed by atoms with Crippen molar-refractivity contribution < 1.29 is 36.6 Å². The van der Waals surface area contributed by atoms with Gasteiger partial charge in [-0.05, 0) is 37.3 Å². The molecule has 1 aliphatic heterocycles. The molecule has 3 heterocycles. The van der Waals surface area contributed by atoms with E-state index in [-0.39, 0.29) is 48.4 Å². The maximum atomic E-state index is 13.8. The third kappa shape index (κ3) is 5.56. The second-order valence-corrected chi connectivity index (χ2v) is 9.36. The first-order chi connectivity index (χ1) is 16.4. The van der Waals surface area contributed by atoms with Crippen LogP contribution in [0.15, 0.2) is 12.1 Å². The van der Waals surface area contributed by atoms with E-state index in [1.165, 1.54) is 0 Å². The zero-order valence-corrected chi connectivity index (χ0v) is 18.8. The molecule has 0 spiro atoms. The molecule has 0 bridgehead atoms. The fourth-order valence-corrected chi connectivity index (χ4v) is 4.71. The number of aliphatic hydroxyl groups is 1. The number of pyridine rings is 1. The zero-order chi connectivity index (χ0) is 25.4. The van der Waals surface area contributed by atoms with Crippen molar-refractivity contribution in [2.45, 2.75) is 62.6 Å². The lowest BCUT2D eigenvalue weighted by Crippen LogP contribution is -2.46. The van der Waals surface area contributed by atoms with Crippen LogP contribution < -0.4 is 5.32 Å². The molecule has 2 fully saturated rings. The molecule has 2 aliphatic rings. The fourth-order valence-electron chi connectivity index (χ4n) is 4.71. The van der Waals surface area contributed by atoms with Crippen molar-refractivity contribution in [3.05, 3.63) is 34.8 Å². The molecule has 12 heteroatoms. The SMILES string of the molecule is N#Cc1cc(C(=O)NCC2(O)CCOCC2)cc2nc(C(F)(F)F)c(CC3CCC(F)(F)CC3)n12. The second-order valence-electron chi connectivity index (χ2n) is 9.36. The number of nitriles is 1. The van der Waals surface area contributed by atoms with Crippen LogP contribution in [0.3, 0.4) is 0 Å². The van der Waals surface area contributed by atoms with E-state index in [4.69, 9.17) is 4.74 Å². The molecular formula is C23H25F5N4O3. The van der Waals surface area contributed by atoms with Crippen LogP contribution >= 0.6 is 0 Å². The van der Waals surface area contributed by atoms with Gasteiger partial charge in [-0.2, -0.15) is 18.4 Å². The Morgan fingerprint density at radius 1 is 1.23 bits per heavy atom.